The predicted molar refractivity (Wildman–Crippen MR) is 97.7 cm³/mol. The molecule has 3 rings (SSSR count). The Hall–Kier alpha value is -1.72. The average molecular weight is 344 g/mol. The van der Waals surface area contributed by atoms with Gasteiger partial charge in [0, 0.05) is 24.2 Å². The SMILES string of the molecule is CCO[C@@H](C)c1nc(CC(=O)N2CCCc3cccc(C)c32)cs1. The molecule has 0 spiro atoms. The van der Waals surface area contributed by atoms with Gasteiger partial charge in [0.1, 0.15) is 11.1 Å². The van der Waals surface area contributed by atoms with Crippen molar-refractivity contribution in [1.29, 1.82) is 0 Å². The smallest absolute Gasteiger partial charge is 0.233 e. The second-order valence-corrected chi connectivity index (χ2v) is 7.07. The van der Waals surface area contributed by atoms with Crippen molar-refractivity contribution in [2.75, 3.05) is 18.1 Å². The number of nitrogens with zero attached hydrogens (tertiary/aromatic N) is 2. The summed E-state index contributed by atoms with van der Waals surface area (Å²) in [5, 5.41) is 2.92. The fourth-order valence-electron chi connectivity index (χ4n) is 3.26. The van der Waals surface area contributed by atoms with E-state index in [1.807, 2.05) is 24.1 Å². The van der Waals surface area contributed by atoms with Crippen LogP contribution in [0, 0.1) is 6.92 Å². The van der Waals surface area contributed by atoms with Crippen molar-refractivity contribution in [3.8, 4) is 0 Å². The third-order valence-electron chi connectivity index (χ3n) is 4.39. The van der Waals surface area contributed by atoms with E-state index in [0.29, 0.717) is 13.0 Å². The van der Waals surface area contributed by atoms with E-state index in [2.05, 4.69) is 30.1 Å². The van der Waals surface area contributed by atoms with E-state index in [4.69, 9.17) is 4.74 Å². The van der Waals surface area contributed by atoms with E-state index in [0.717, 1.165) is 35.8 Å². The van der Waals surface area contributed by atoms with Crippen molar-refractivity contribution in [1.82, 2.24) is 4.98 Å². The highest BCUT2D eigenvalue weighted by Gasteiger charge is 2.24. The zero-order chi connectivity index (χ0) is 17.1. The first-order valence-electron chi connectivity index (χ1n) is 8.55. The van der Waals surface area contributed by atoms with Crippen molar-refractivity contribution in [2.24, 2.45) is 0 Å². The summed E-state index contributed by atoms with van der Waals surface area (Å²) in [6.07, 6.45) is 2.41. The number of aromatic nitrogens is 1. The van der Waals surface area contributed by atoms with Crippen LogP contribution in [0.3, 0.4) is 0 Å². The maximum absolute atomic E-state index is 12.8. The van der Waals surface area contributed by atoms with Crippen LogP contribution in [0.5, 0.6) is 0 Å². The highest BCUT2D eigenvalue weighted by molar-refractivity contribution is 7.09. The molecule has 5 heteroatoms. The molecule has 0 N–H and O–H groups in total. The molecule has 0 fully saturated rings. The molecule has 1 atom stereocenters. The zero-order valence-corrected chi connectivity index (χ0v) is 15.4. The number of thiazole rings is 1. The van der Waals surface area contributed by atoms with Gasteiger partial charge in [-0.15, -0.1) is 11.3 Å². The molecule has 1 aliphatic heterocycles. The highest BCUT2D eigenvalue weighted by atomic mass is 32.1. The van der Waals surface area contributed by atoms with Crippen LogP contribution < -0.4 is 4.90 Å². The molecule has 0 radical (unpaired) electrons. The van der Waals surface area contributed by atoms with E-state index in [1.165, 1.54) is 11.1 Å². The summed E-state index contributed by atoms with van der Waals surface area (Å²) in [5.41, 5.74) is 4.39. The zero-order valence-electron chi connectivity index (χ0n) is 14.5. The Bertz CT molecular complexity index is 726. The van der Waals surface area contributed by atoms with Crippen LogP contribution in [-0.4, -0.2) is 24.0 Å². The third kappa shape index (κ3) is 3.52. The van der Waals surface area contributed by atoms with Crippen LogP contribution in [0.15, 0.2) is 23.6 Å². The lowest BCUT2D eigenvalue weighted by Gasteiger charge is -2.31. The molecule has 0 saturated heterocycles. The monoisotopic (exact) mass is 344 g/mol. The van der Waals surface area contributed by atoms with Gasteiger partial charge in [-0.1, -0.05) is 18.2 Å². The summed E-state index contributed by atoms with van der Waals surface area (Å²) in [5.74, 6) is 0.131. The van der Waals surface area contributed by atoms with Gasteiger partial charge in [0.05, 0.1) is 12.1 Å². The van der Waals surface area contributed by atoms with Crippen molar-refractivity contribution < 1.29 is 9.53 Å². The number of rotatable bonds is 5. The average Bonchev–Trinajstić information content (AvgIpc) is 3.03. The molecular formula is C19H24N2O2S. The van der Waals surface area contributed by atoms with Gasteiger partial charge in [-0.3, -0.25) is 4.79 Å². The van der Waals surface area contributed by atoms with Crippen molar-refractivity contribution in [2.45, 2.75) is 46.1 Å². The molecule has 1 aromatic carbocycles. The van der Waals surface area contributed by atoms with Crippen LogP contribution in [0.4, 0.5) is 5.69 Å². The molecule has 2 aromatic rings. The Morgan fingerprint density at radius 1 is 1.46 bits per heavy atom. The summed E-state index contributed by atoms with van der Waals surface area (Å²) < 4.78 is 5.58. The minimum Gasteiger partial charge on any atom is -0.372 e. The fraction of sp³-hybridized carbons (Fsp3) is 0.474. The Morgan fingerprint density at radius 3 is 3.08 bits per heavy atom. The topological polar surface area (TPSA) is 42.4 Å². The molecule has 0 aliphatic carbocycles. The number of amides is 1. The van der Waals surface area contributed by atoms with Crippen molar-refractivity contribution in [3.05, 3.63) is 45.4 Å². The van der Waals surface area contributed by atoms with Gasteiger partial charge in [-0.2, -0.15) is 0 Å². The van der Waals surface area contributed by atoms with Gasteiger partial charge >= 0.3 is 0 Å². The minimum atomic E-state index is -0.0122. The van der Waals surface area contributed by atoms with E-state index < -0.39 is 0 Å². The normalized spacial score (nSPS) is 15.2. The molecule has 0 saturated carbocycles. The standard InChI is InChI=1S/C19H24N2O2S/c1-4-23-14(3)19-20-16(12-24-19)11-17(22)21-10-6-9-15-8-5-7-13(2)18(15)21/h5,7-8,12,14H,4,6,9-11H2,1-3H3/t14-/m0/s1. The maximum Gasteiger partial charge on any atom is 0.233 e. The first-order chi connectivity index (χ1) is 11.6. The molecule has 4 nitrogen and oxygen atoms in total. The van der Waals surface area contributed by atoms with Crippen LogP contribution in [0.2, 0.25) is 0 Å². The second-order valence-electron chi connectivity index (χ2n) is 6.18. The molecule has 128 valence electrons. The van der Waals surface area contributed by atoms with E-state index in [1.54, 1.807) is 11.3 Å². The summed E-state index contributed by atoms with van der Waals surface area (Å²) in [4.78, 5) is 19.4. The van der Waals surface area contributed by atoms with Crippen molar-refractivity contribution >= 4 is 22.9 Å². The molecular weight excluding hydrogens is 320 g/mol. The summed E-state index contributed by atoms with van der Waals surface area (Å²) in [7, 11) is 0. The molecule has 1 amide bonds. The molecule has 1 aromatic heterocycles. The van der Waals surface area contributed by atoms with Gasteiger partial charge in [-0.05, 0) is 44.7 Å². The number of anilines is 1. The van der Waals surface area contributed by atoms with Crippen LogP contribution in [0.25, 0.3) is 0 Å². The predicted octanol–water partition coefficient (Wildman–Crippen LogP) is 4.07. The molecule has 0 unspecified atom stereocenters. The lowest BCUT2D eigenvalue weighted by atomic mass is 9.98. The number of ether oxygens (including phenoxy) is 1. The number of aryl methyl sites for hydroxylation is 2. The molecule has 2 heterocycles. The number of carbonyl (C=O) groups is 1. The van der Waals surface area contributed by atoms with Crippen LogP contribution >= 0.6 is 11.3 Å². The van der Waals surface area contributed by atoms with Gasteiger partial charge < -0.3 is 9.64 Å². The quantitative estimate of drug-likeness (QED) is 0.821. The first kappa shape index (κ1) is 17.1. The fourth-order valence-corrected chi connectivity index (χ4v) is 4.08. The number of carbonyl (C=O) groups excluding carboxylic acids is 1. The number of hydrogen-bond acceptors (Lipinski definition) is 4. The van der Waals surface area contributed by atoms with Gasteiger partial charge in [0.2, 0.25) is 5.91 Å². The van der Waals surface area contributed by atoms with Crippen LogP contribution in [0.1, 0.15) is 48.2 Å². The van der Waals surface area contributed by atoms with Gasteiger partial charge in [-0.25, -0.2) is 4.98 Å². The third-order valence-corrected chi connectivity index (χ3v) is 5.44. The Kier molecular flexibility index (Phi) is 5.31. The van der Waals surface area contributed by atoms with Gasteiger partial charge in [0.15, 0.2) is 0 Å². The lowest BCUT2D eigenvalue weighted by molar-refractivity contribution is -0.118. The minimum absolute atomic E-state index is 0.0122. The maximum atomic E-state index is 12.8. The van der Waals surface area contributed by atoms with Crippen LogP contribution in [-0.2, 0) is 22.4 Å². The summed E-state index contributed by atoms with van der Waals surface area (Å²) >= 11 is 1.57. The highest BCUT2D eigenvalue weighted by Crippen LogP contribution is 2.31. The Balaban J connectivity index is 1.75. The second kappa shape index (κ2) is 7.45. The Morgan fingerprint density at radius 2 is 2.29 bits per heavy atom. The largest absolute Gasteiger partial charge is 0.372 e. The summed E-state index contributed by atoms with van der Waals surface area (Å²) in [6.45, 7) is 7.51. The van der Waals surface area contributed by atoms with Crippen molar-refractivity contribution in [3.63, 3.8) is 0 Å². The first-order valence-corrected chi connectivity index (χ1v) is 9.43. The number of fused-ring (bicyclic) bond motifs is 1. The Labute approximate surface area is 147 Å². The van der Waals surface area contributed by atoms with E-state index in [-0.39, 0.29) is 12.0 Å². The molecule has 0 bridgehead atoms. The number of benzene rings is 1. The number of hydrogen-bond donors (Lipinski definition) is 0. The van der Waals surface area contributed by atoms with E-state index >= 15 is 0 Å². The van der Waals surface area contributed by atoms with Gasteiger partial charge in [0.25, 0.3) is 0 Å². The molecule has 1 aliphatic rings. The lowest BCUT2D eigenvalue weighted by Crippen LogP contribution is -2.37. The molecule has 24 heavy (non-hydrogen) atoms. The van der Waals surface area contributed by atoms with E-state index in [9.17, 15) is 4.79 Å². The number of para-hydroxylation sites is 1. The summed E-state index contributed by atoms with van der Waals surface area (Å²) in [6, 6.07) is 6.28.